The molecule has 3 N–H and O–H groups in total. The average molecular weight is 438 g/mol. The normalized spacial score (nSPS) is 61.0. The number of carbonyl (C=O) groups is 3. The van der Waals surface area contributed by atoms with E-state index in [0.717, 1.165) is 0 Å². The topological polar surface area (TPSA) is 149 Å². The zero-order chi connectivity index (χ0) is 22.8. The summed E-state index contributed by atoms with van der Waals surface area (Å²) in [6.07, 6.45) is -4.61. The maximum absolute atomic E-state index is 13.3. The fraction of sp³-hybridized carbons (Fsp3) is 0.857. The molecular weight excluding hydrogens is 412 g/mol. The van der Waals surface area contributed by atoms with Gasteiger partial charge in [-0.25, -0.2) is 9.59 Å². The minimum absolute atomic E-state index is 0.164. The fourth-order valence-corrected chi connectivity index (χ4v) is 8.53. The van der Waals surface area contributed by atoms with E-state index in [2.05, 4.69) is 0 Å². The summed E-state index contributed by atoms with van der Waals surface area (Å²) in [5.41, 5.74) is -9.45. The van der Waals surface area contributed by atoms with E-state index in [4.69, 9.17) is 18.9 Å². The lowest BCUT2D eigenvalue weighted by Gasteiger charge is -2.56. The van der Waals surface area contributed by atoms with Crippen LogP contribution in [0.2, 0.25) is 0 Å². The van der Waals surface area contributed by atoms with Gasteiger partial charge < -0.3 is 34.3 Å². The molecule has 6 rings (SSSR count). The van der Waals surface area contributed by atoms with Crippen molar-refractivity contribution in [3.8, 4) is 0 Å². The number of aliphatic hydroxyl groups is 3. The van der Waals surface area contributed by atoms with E-state index in [9.17, 15) is 29.7 Å². The summed E-state index contributed by atoms with van der Waals surface area (Å²) in [6.45, 7) is 8.99. The summed E-state index contributed by atoms with van der Waals surface area (Å²) in [4.78, 5) is 38.6. The quantitative estimate of drug-likeness (QED) is 0.330. The van der Waals surface area contributed by atoms with Crippen molar-refractivity contribution in [1.82, 2.24) is 0 Å². The van der Waals surface area contributed by atoms with E-state index < -0.39 is 87.4 Å². The van der Waals surface area contributed by atoms with Crippen LogP contribution in [0.3, 0.4) is 0 Å². The molecule has 10 atom stereocenters. The zero-order valence-electron chi connectivity index (χ0n) is 17.9. The Bertz CT molecular complexity index is 987. The molecule has 10 unspecified atom stereocenters. The van der Waals surface area contributed by atoms with E-state index in [1.54, 1.807) is 0 Å². The van der Waals surface area contributed by atoms with Crippen molar-refractivity contribution in [1.29, 1.82) is 0 Å². The first-order valence-corrected chi connectivity index (χ1v) is 10.6. The SMILES string of the molecule is CC1C(=O)OC2(O)CC34OC5OC(=O)C(O)C56C(C)(C(C)(C)C)CC(OC3=O)C46C12O. The average Bonchev–Trinajstić information content (AvgIpc) is 3.30. The predicted molar refractivity (Wildman–Crippen MR) is 96.4 cm³/mol. The first-order valence-electron chi connectivity index (χ1n) is 10.6. The van der Waals surface area contributed by atoms with E-state index in [1.165, 1.54) is 6.92 Å². The van der Waals surface area contributed by atoms with Crippen molar-refractivity contribution < 1.29 is 48.7 Å². The minimum Gasteiger partial charge on any atom is -0.459 e. The van der Waals surface area contributed by atoms with Gasteiger partial charge in [-0.1, -0.05) is 27.7 Å². The van der Waals surface area contributed by atoms with Crippen LogP contribution in [0.25, 0.3) is 0 Å². The molecule has 0 aromatic carbocycles. The Hall–Kier alpha value is -1.75. The van der Waals surface area contributed by atoms with Crippen LogP contribution in [-0.4, -0.2) is 68.7 Å². The third kappa shape index (κ3) is 1.37. The lowest BCUT2D eigenvalue weighted by atomic mass is 9.43. The highest BCUT2D eigenvalue weighted by molar-refractivity contribution is 5.92. The van der Waals surface area contributed by atoms with Gasteiger partial charge in [-0.15, -0.1) is 0 Å². The molecule has 31 heavy (non-hydrogen) atoms. The third-order valence-corrected chi connectivity index (χ3v) is 10.0. The molecule has 6 aliphatic rings. The molecule has 2 saturated carbocycles. The van der Waals surface area contributed by atoms with Gasteiger partial charge in [0.05, 0.1) is 23.2 Å². The van der Waals surface area contributed by atoms with Gasteiger partial charge in [0.1, 0.15) is 6.10 Å². The van der Waals surface area contributed by atoms with Crippen LogP contribution in [-0.2, 0) is 33.3 Å². The highest BCUT2D eigenvalue weighted by Gasteiger charge is 3.06. The van der Waals surface area contributed by atoms with E-state index >= 15 is 0 Å². The van der Waals surface area contributed by atoms with Gasteiger partial charge in [0.2, 0.25) is 12.1 Å². The summed E-state index contributed by atoms with van der Waals surface area (Å²) in [6, 6.07) is 0. The van der Waals surface area contributed by atoms with Gasteiger partial charge in [0.25, 0.3) is 0 Å². The van der Waals surface area contributed by atoms with E-state index in [-0.39, 0.29) is 6.42 Å². The van der Waals surface area contributed by atoms with Crippen LogP contribution in [0.15, 0.2) is 0 Å². The molecule has 0 aromatic rings. The highest BCUT2D eigenvalue weighted by Crippen LogP contribution is 2.89. The molecule has 4 aliphatic heterocycles. The van der Waals surface area contributed by atoms with Crippen LogP contribution >= 0.6 is 0 Å². The highest BCUT2D eigenvalue weighted by atomic mass is 16.8. The molecule has 2 aliphatic carbocycles. The number of fused-ring (bicyclic) bond motifs is 1. The number of carbonyl (C=O) groups excluding carboxylic acids is 3. The Labute approximate surface area is 177 Å². The van der Waals surface area contributed by atoms with Gasteiger partial charge in [-0.05, 0) is 24.2 Å². The molecule has 4 heterocycles. The fourth-order valence-electron chi connectivity index (χ4n) is 8.53. The van der Waals surface area contributed by atoms with Crippen molar-refractivity contribution in [2.45, 2.75) is 82.9 Å². The predicted octanol–water partition coefficient (Wildman–Crippen LogP) is -0.630. The molecule has 0 bridgehead atoms. The molecule has 10 heteroatoms. The summed E-state index contributed by atoms with van der Waals surface area (Å²) in [7, 11) is 0. The standard InChI is InChI=1S/C21H26O10/c1-8-11(23)30-18(26)7-17-13(25)28-9-6-16(5,15(2,3)4)19(20(9,17)21(8,18)27)10(22)12(24)29-14(19)31-17/h8-10,14,22,26-27H,6-7H2,1-5H3. The smallest absolute Gasteiger partial charge is 0.340 e. The Kier molecular flexibility index (Phi) is 2.98. The molecule has 2 spiro atoms. The summed E-state index contributed by atoms with van der Waals surface area (Å²) in [5.74, 6) is -6.34. The van der Waals surface area contributed by atoms with Gasteiger partial charge in [0, 0.05) is 0 Å². The van der Waals surface area contributed by atoms with E-state index in [0.29, 0.717) is 0 Å². The van der Waals surface area contributed by atoms with Crippen LogP contribution in [0, 0.1) is 27.6 Å². The lowest BCUT2D eigenvalue weighted by molar-refractivity contribution is -0.300. The van der Waals surface area contributed by atoms with Gasteiger partial charge in [0.15, 0.2) is 17.3 Å². The lowest BCUT2D eigenvalue weighted by Crippen LogP contribution is -2.72. The maximum atomic E-state index is 13.3. The van der Waals surface area contributed by atoms with Gasteiger partial charge in [-0.3, -0.25) is 4.79 Å². The summed E-state index contributed by atoms with van der Waals surface area (Å²) < 4.78 is 22.6. The second-order valence-corrected chi connectivity index (χ2v) is 11.3. The number of hydrogen-bond donors (Lipinski definition) is 3. The van der Waals surface area contributed by atoms with Crippen LogP contribution in [0.4, 0.5) is 0 Å². The van der Waals surface area contributed by atoms with Crippen LogP contribution < -0.4 is 0 Å². The number of rotatable bonds is 0. The Morgan fingerprint density at radius 3 is 2.32 bits per heavy atom. The van der Waals surface area contributed by atoms with E-state index in [1.807, 2.05) is 27.7 Å². The molecule has 0 aromatic heterocycles. The van der Waals surface area contributed by atoms with Gasteiger partial charge in [-0.2, -0.15) is 0 Å². The molecule has 0 radical (unpaired) electrons. The number of hydrogen-bond acceptors (Lipinski definition) is 10. The van der Waals surface area contributed by atoms with Crippen LogP contribution in [0.5, 0.6) is 0 Å². The second kappa shape index (κ2) is 4.64. The Morgan fingerprint density at radius 1 is 1.06 bits per heavy atom. The summed E-state index contributed by atoms with van der Waals surface area (Å²) >= 11 is 0. The monoisotopic (exact) mass is 438 g/mol. The second-order valence-electron chi connectivity index (χ2n) is 11.3. The molecule has 0 amide bonds. The van der Waals surface area contributed by atoms with Crippen molar-refractivity contribution in [2.75, 3.05) is 0 Å². The Balaban J connectivity index is 1.79. The van der Waals surface area contributed by atoms with Gasteiger partial charge >= 0.3 is 17.9 Å². The number of aliphatic hydroxyl groups excluding tert-OH is 1. The largest absolute Gasteiger partial charge is 0.459 e. The molecular formula is C21H26O10. The van der Waals surface area contributed by atoms with Crippen molar-refractivity contribution >= 4 is 17.9 Å². The third-order valence-electron chi connectivity index (χ3n) is 10.0. The Morgan fingerprint density at radius 2 is 1.71 bits per heavy atom. The zero-order valence-corrected chi connectivity index (χ0v) is 17.9. The van der Waals surface area contributed by atoms with Crippen molar-refractivity contribution in [3.63, 3.8) is 0 Å². The maximum Gasteiger partial charge on any atom is 0.340 e. The van der Waals surface area contributed by atoms with Crippen molar-refractivity contribution in [3.05, 3.63) is 0 Å². The minimum atomic E-state index is -2.45. The molecule has 6 fully saturated rings. The number of esters is 3. The molecule has 4 saturated heterocycles. The molecule has 170 valence electrons. The first-order chi connectivity index (χ1) is 14.1. The number of ether oxygens (including phenoxy) is 4. The molecule has 10 nitrogen and oxygen atoms in total. The van der Waals surface area contributed by atoms with Crippen molar-refractivity contribution in [2.24, 2.45) is 27.6 Å². The van der Waals surface area contributed by atoms with Crippen LogP contribution in [0.1, 0.15) is 47.5 Å². The summed E-state index contributed by atoms with van der Waals surface area (Å²) in [5, 5.41) is 35.2. The first kappa shape index (κ1) is 19.9.